The lowest BCUT2D eigenvalue weighted by Crippen LogP contribution is -2.53. The van der Waals surface area contributed by atoms with Crippen LogP contribution in [0.2, 0.25) is 0 Å². The van der Waals surface area contributed by atoms with Crippen molar-refractivity contribution in [3.63, 3.8) is 0 Å². The predicted octanol–water partition coefficient (Wildman–Crippen LogP) is 2.01. The predicted molar refractivity (Wildman–Crippen MR) is 117 cm³/mol. The van der Waals surface area contributed by atoms with E-state index >= 15 is 0 Å². The number of sulfonamides is 1. The second kappa shape index (κ2) is 12.0. The Morgan fingerprint density at radius 2 is 1.79 bits per heavy atom. The highest BCUT2D eigenvalue weighted by atomic mass is 32.2. The van der Waals surface area contributed by atoms with E-state index in [0.717, 1.165) is 31.5 Å². The molecule has 7 nitrogen and oxygen atoms in total. The molecule has 2 rings (SSSR count). The molecule has 1 aliphatic heterocycles. The lowest BCUT2D eigenvalue weighted by atomic mass is 9.92. The van der Waals surface area contributed by atoms with Crippen molar-refractivity contribution in [3.8, 4) is 0 Å². The van der Waals surface area contributed by atoms with Gasteiger partial charge in [0.05, 0.1) is 12.3 Å². The van der Waals surface area contributed by atoms with Gasteiger partial charge in [-0.2, -0.15) is 0 Å². The summed E-state index contributed by atoms with van der Waals surface area (Å²) in [5.41, 5.74) is 0. The van der Waals surface area contributed by atoms with Crippen molar-refractivity contribution in [1.82, 2.24) is 19.8 Å². The van der Waals surface area contributed by atoms with Crippen molar-refractivity contribution < 1.29 is 8.42 Å². The Kier molecular flexibility index (Phi) is 10.0. The molecule has 2 aliphatic rings. The van der Waals surface area contributed by atoms with Gasteiger partial charge in [0, 0.05) is 38.3 Å². The molecule has 164 valence electrons. The summed E-state index contributed by atoms with van der Waals surface area (Å²) >= 11 is 0. The SMILES string of the molecule is CCNC(=NCCS(=O)(=O)N(CC)CC)NC1CCCN(C2CCCCC2)C1. The van der Waals surface area contributed by atoms with E-state index in [9.17, 15) is 8.42 Å². The van der Waals surface area contributed by atoms with Gasteiger partial charge in [-0.25, -0.2) is 12.7 Å². The smallest absolute Gasteiger partial charge is 0.215 e. The van der Waals surface area contributed by atoms with Gasteiger partial charge in [-0.1, -0.05) is 33.1 Å². The average Bonchev–Trinajstić information content (AvgIpc) is 2.69. The number of hydrogen-bond donors (Lipinski definition) is 2. The molecule has 0 amide bonds. The standard InChI is InChI=1S/C20H41N5O2S/c1-4-21-20(22-14-16-28(26,27)25(5-2)6-3)23-18-11-10-15-24(17-18)19-12-8-7-9-13-19/h18-19H,4-17H2,1-3H3,(H2,21,22,23). The minimum Gasteiger partial charge on any atom is -0.357 e. The first-order chi connectivity index (χ1) is 13.5. The van der Waals surface area contributed by atoms with Crippen LogP contribution in [0.5, 0.6) is 0 Å². The Morgan fingerprint density at radius 1 is 1.07 bits per heavy atom. The summed E-state index contributed by atoms with van der Waals surface area (Å²) in [6, 6.07) is 1.13. The summed E-state index contributed by atoms with van der Waals surface area (Å²) in [4.78, 5) is 7.21. The van der Waals surface area contributed by atoms with Gasteiger partial charge in [0.25, 0.3) is 0 Å². The number of rotatable bonds is 9. The molecule has 0 aromatic rings. The molecule has 28 heavy (non-hydrogen) atoms. The molecule has 2 fully saturated rings. The van der Waals surface area contributed by atoms with Crippen molar-refractivity contribution in [3.05, 3.63) is 0 Å². The first-order valence-corrected chi connectivity index (χ1v) is 12.9. The number of nitrogens with one attached hydrogen (secondary N) is 2. The maximum absolute atomic E-state index is 12.3. The highest BCUT2D eigenvalue weighted by molar-refractivity contribution is 7.89. The fourth-order valence-corrected chi connectivity index (χ4v) is 5.80. The molecule has 2 N–H and O–H groups in total. The van der Waals surface area contributed by atoms with Gasteiger partial charge >= 0.3 is 0 Å². The minimum atomic E-state index is -3.23. The maximum atomic E-state index is 12.3. The van der Waals surface area contributed by atoms with Crippen LogP contribution in [0.25, 0.3) is 0 Å². The zero-order valence-electron chi connectivity index (χ0n) is 18.1. The van der Waals surface area contributed by atoms with Crippen molar-refractivity contribution >= 4 is 16.0 Å². The fraction of sp³-hybridized carbons (Fsp3) is 0.950. The van der Waals surface area contributed by atoms with Crippen molar-refractivity contribution in [1.29, 1.82) is 0 Å². The molecule has 1 aliphatic carbocycles. The highest BCUT2D eigenvalue weighted by Crippen LogP contribution is 2.25. The van der Waals surface area contributed by atoms with E-state index in [1.54, 1.807) is 0 Å². The number of guanidine groups is 1. The molecule has 8 heteroatoms. The molecule has 0 spiro atoms. The molecule has 1 saturated heterocycles. The Labute approximate surface area is 172 Å². The van der Waals surface area contributed by atoms with Gasteiger partial charge in [0.15, 0.2) is 5.96 Å². The summed E-state index contributed by atoms with van der Waals surface area (Å²) in [5, 5.41) is 6.84. The first kappa shape index (κ1) is 23.4. The van der Waals surface area contributed by atoms with Gasteiger partial charge in [0.1, 0.15) is 0 Å². The van der Waals surface area contributed by atoms with E-state index < -0.39 is 10.0 Å². The lowest BCUT2D eigenvalue weighted by molar-refractivity contribution is 0.115. The molecule has 1 unspecified atom stereocenters. The molecule has 0 aromatic carbocycles. The Morgan fingerprint density at radius 3 is 2.43 bits per heavy atom. The summed E-state index contributed by atoms with van der Waals surface area (Å²) in [7, 11) is -3.23. The van der Waals surface area contributed by atoms with E-state index in [4.69, 9.17) is 0 Å². The zero-order valence-corrected chi connectivity index (χ0v) is 18.9. The largest absolute Gasteiger partial charge is 0.357 e. The number of likely N-dealkylation sites (tertiary alicyclic amines) is 1. The minimum absolute atomic E-state index is 0.0596. The second-order valence-corrected chi connectivity index (χ2v) is 10.0. The summed E-state index contributed by atoms with van der Waals surface area (Å²) in [6.45, 7) is 10.1. The number of nitrogens with zero attached hydrogens (tertiary/aromatic N) is 3. The Bertz CT molecular complexity index is 571. The monoisotopic (exact) mass is 415 g/mol. The number of aliphatic imine (C=N–C) groups is 1. The highest BCUT2D eigenvalue weighted by Gasteiger charge is 2.27. The van der Waals surface area contributed by atoms with Crippen LogP contribution in [0.3, 0.4) is 0 Å². The van der Waals surface area contributed by atoms with Gasteiger partial charge < -0.3 is 10.6 Å². The van der Waals surface area contributed by atoms with Crippen molar-refractivity contribution in [2.45, 2.75) is 77.8 Å². The van der Waals surface area contributed by atoms with Crippen LogP contribution in [0.4, 0.5) is 0 Å². The van der Waals surface area contributed by atoms with Crippen LogP contribution in [0.15, 0.2) is 4.99 Å². The maximum Gasteiger partial charge on any atom is 0.215 e. The molecular formula is C20H41N5O2S. The van der Waals surface area contributed by atoms with Gasteiger partial charge in [-0.3, -0.25) is 9.89 Å². The normalized spacial score (nSPS) is 23.1. The third-order valence-corrected chi connectivity index (χ3v) is 7.95. The summed E-state index contributed by atoms with van der Waals surface area (Å²) in [5.74, 6) is 0.803. The fourth-order valence-electron chi connectivity index (χ4n) is 4.43. The topological polar surface area (TPSA) is 77.0 Å². The molecule has 1 heterocycles. The number of piperidine rings is 1. The molecule has 0 bridgehead atoms. The van der Waals surface area contributed by atoms with Crippen LogP contribution in [0, 0.1) is 0 Å². The second-order valence-electron chi connectivity index (χ2n) is 7.93. The van der Waals surface area contributed by atoms with E-state index in [1.165, 1.54) is 49.4 Å². The van der Waals surface area contributed by atoms with E-state index in [2.05, 4.69) is 20.5 Å². The third-order valence-electron chi connectivity index (χ3n) is 5.95. The zero-order chi connectivity index (χ0) is 20.4. The van der Waals surface area contributed by atoms with Crippen LogP contribution < -0.4 is 10.6 Å². The van der Waals surface area contributed by atoms with E-state index in [1.807, 2.05) is 20.8 Å². The summed E-state index contributed by atoms with van der Waals surface area (Å²) < 4.78 is 26.2. The van der Waals surface area contributed by atoms with E-state index in [-0.39, 0.29) is 12.3 Å². The third kappa shape index (κ3) is 7.19. The van der Waals surface area contributed by atoms with Crippen LogP contribution >= 0.6 is 0 Å². The Balaban J connectivity index is 1.89. The van der Waals surface area contributed by atoms with Gasteiger partial charge in [-0.15, -0.1) is 0 Å². The molecular weight excluding hydrogens is 374 g/mol. The summed E-state index contributed by atoms with van der Waals surface area (Å²) in [6.07, 6.45) is 9.15. The van der Waals surface area contributed by atoms with E-state index in [0.29, 0.717) is 19.1 Å². The molecule has 0 radical (unpaired) electrons. The van der Waals surface area contributed by atoms with Crippen LogP contribution in [-0.2, 0) is 10.0 Å². The van der Waals surface area contributed by atoms with Crippen LogP contribution in [0.1, 0.15) is 65.7 Å². The van der Waals surface area contributed by atoms with Crippen molar-refractivity contribution in [2.75, 3.05) is 45.0 Å². The number of hydrogen-bond acceptors (Lipinski definition) is 4. The van der Waals surface area contributed by atoms with Gasteiger partial charge in [-0.05, 0) is 39.2 Å². The Hall–Kier alpha value is -0.860. The average molecular weight is 416 g/mol. The molecule has 1 atom stereocenters. The van der Waals surface area contributed by atoms with Crippen LogP contribution in [-0.4, -0.2) is 80.7 Å². The quantitative estimate of drug-likeness (QED) is 0.445. The molecule has 0 aromatic heterocycles. The van der Waals surface area contributed by atoms with Crippen molar-refractivity contribution in [2.24, 2.45) is 4.99 Å². The molecule has 1 saturated carbocycles. The van der Waals surface area contributed by atoms with Gasteiger partial charge in [0.2, 0.25) is 10.0 Å². The lowest BCUT2D eigenvalue weighted by Gasteiger charge is -2.40. The first-order valence-electron chi connectivity index (χ1n) is 11.3.